The Kier molecular flexibility index (Phi) is 6.78. The fourth-order valence-corrected chi connectivity index (χ4v) is 3.34. The number of methoxy groups -OCH3 is 1. The summed E-state index contributed by atoms with van der Waals surface area (Å²) in [5, 5.41) is 5.54. The van der Waals surface area contributed by atoms with Crippen LogP contribution in [0.1, 0.15) is 32.0 Å². The molecule has 4 rings (SSSR count). The number of benzene rings is 2. The van der Waals surface area contributed by atoms with Gasteiger partial charge in [-0.3, -0.25) is 9.59 Å². The molecule has 2 aromatic carbocycles. The summed E-state index contributed by atoms with van der Waals surface area (Å²) in [6, 6.07) is 19.7. The number of esters is 1. The summed E-state index contributed by atoms with van der Waals surface area (Å²) in [6.45, 7) is 0.125. The number of ether oxygens (including phenoxy) is 1. The molecular weight excluding hydrogens is 432 g/mol. The van der Waals surface area contributed by atoms with Crippen LogP contribution in [0.2, 0.25) is 0 Å². The molecule has 0 saturated heterocycles. The fourth-order valence-electron chi connectivity index (χ4n) is 3.34. The Bertz CT molecular complexity index is 1340. The largest absolute Gasteiger partial charge is 0.465 e. The van der Waals surface area contributed by atoms with E-state index < -0.39 is 5.97 Å². The molecule has 2 N–H and O–H groups in total. The van der Waals surface area contributed by atoms with Gasteiger partial charge in [0.05, 0.1) is 12.7 Å². The second-order valence-corrected chi connectivity index (χ2v) is 7.42. The summed E-state index contributed by atoms with van der Waals surface area (Å²) in [7, 11) is 1.28. The van der Waals surface area contributed by atoms with E-state index in [0.717, 1.165) is 5.56 Å². The van der Waals surface area contributed by atoms with Crippen molar-refractivity contribution in [1.82, 2.24) is 14.7 Å². The number of carbonyl (C=O) groups excluding carboxylic acids is 3. The molecule has 0 spiro atoms. The van der Waals surface area contributed by atoms with Crippen LogP contribution < -0.4 is 10.6 Å². The van der Waals surface area contributed by atoms with Crippen molar-refractivity contribution in [1.29, 1.82) is 0 Å². The van der Waals surface area contributed by atoms with Crippen molar-refractivity contribution in [3.05, 3.63) is 108 Å². The van der Waals surface area contributed by atoms with Crippen LogP contribution in [-0.4, -0.2) is 34.3 Å². The molecular formula is C26H22N4O4. The zero-order valence-electron chi connectivity index (χ0n) is 18.4. The Morgan fingerprint density at radius 2 is 1.82 bits per heavy atom. The van der Waals surface area contributed by atoms with E-state index in [0.29, 0.717) is 16.9 Å². The second kappa shape index (κ2) is 10.3. The topological polar surface area (TPSA) is 102 Å². The lowest BCUT2D eigenvalue weighted by Gasteiger charge is -2.10. The number of anilines is 1. The van der Waals surface area contributed by atoms with Crippen LogP contribution in [0.5, 0.6) is 0 Å². The first kappa shape index (κ1) is 22.5. The van der Waals surface area contributed by atoms with Gasteiger partial charge in [-0.25, -0.2) is 9.78 Å². The zero-order valence-corrected chi connectivity index (χ0v) is 18.4. The number of nitrogens with one attached hydrogen (secondary N) is 2. The number of amides is 2. The minimum atomic E-state index is -0.552. The average Bonchev–Trinajstić information content (AvgIpc) is 3.30. The number of rotatable bonds is 7. The van der Waals surface area contributed by atoms with Crippen molar-refractivity contribution in [3.8, 4) is 0 Å². The van der Waals surface area contributed by atoms with Crippen molar-refractivity contribution < 1.29 is 19.1 Å². The Labute approximate surface area is 195 Å². The maximum atomic E-state index is 12.6. The van der Waals surface area contributed by atoms with Gasteiger partial charge >= 0.3 is 5.97 Å². The molecule has 0 aliphatic carbocycles. The third kappa shape index (κ3) is 5.55. The summed E-state index contributed by atoms with van der Waals surface area (Å²) in [5.41, 5.74) is 3.09. The van der Waals surface area contributed by atoms with E-state index in [4.69, 9.17) is 4.74 Å². The number of nitrogens with zero attached hydrogens (tertiary/aromatic N) is 2. The second-order valence-electron chi connectivity index (χ2n) is 7.42. The molecule has 0 fully saturated rings. The monoisotopic (exact) mass is 454 g/mol. The molecule has 2 heterocycles. The van der Waals surface area contributed by atoms with Crippen molar-refractivity contribution in [2.75, 3.05) is 12.4 Å². The predicted octanol–water partition coefficient (Wildman–Crippen LogP) is 3.70. The SMILES string of the molecule is COC(=O)c1cc(CNC(=O)c2cn3ccccc3n2)cc(NC(=O)/C=C/c2ccccc2)c1. The molecule has 2 aromatic heterocycles. The molecule has 0 aliphatic heterocycles. The first-order chi connectivity index (χ1) is 16.5. The van der Waals surface area contributed by atoms with Crippen LogP contribution in [0.25, 0.3) is 11.7 Å². The Balaban J connectivity index is 1.48. The maximum Gasteiger partial charge on any atom is 0.337 e. The highest BCUT2D eigenvalue weighted by molar-refractivity contribution is 6.03. The Morgan fingerprint density at radius 1 is 1.03 bits per heavy atom. The van der Waals surface area contributed by atoms with Gasteiger partial charge in [-0.2, -0.15) is 0 Å². The standard InChI is InChI=1S/C26H22N4O4/c1-34-26(33)20-13-19(16-27-25(32)22-17-30-12-6-5-9-23(30)29-22)14-21(15-20)28-24(31)11-10-18-7-3-2-4-8-18/h2-15,17H,16H2,1H3,(H,27,32)(H,28,31)/b11-10+. The van der Waals surface area contributed by atoms with Crippen molar-refractivity contribution >= 4 is 35.2 Å². The van der Waals surface area contributed by atoms with Crippen LogP contribution in [0.15, 0.2) is 85.2 Å². The van der Waals surface area contributed by atoms with E-state index >= 15 is 0 Å². The summed E-state index contributed by atoms with van der Waals surface area (Å²) in [6.07, 6.45) is 6.54. The summed E-state index contributed by atoms with van der Waals surface area (Å²) in [4.78, 5) is 41.4. The van der Waals surface area contributed by atoms with E-state index in [1.165, 1.54) is 19.3 Å². The number of pyridine rings is 1. The molecule has 0 unspecified atom stereocenters. The molecule has 8 nitrogen and oxygen atoms in total. The number of hydrogen-bond donors (Lipinski definition) is 2. The highest BCUT2D eigenvalue weighted by atomic mass is 16.5. The Hall–Kier alpha value is -4.72. The van der Waals surface area contributed by atoms with E-state index in [-0.39, 0.29) is 29.6 Å². The third-order valence-corrected chi connectivity index (χ3v) is 4.96. The van der Waals surface area contributed by atoms with Crippen LogP contribution in [0.4, 0.5) is 5.69 Å². The summed E-state index contributed by atoms with van der Waals surface area (Å²) in [5.74, 6) is -1.27. The summed E-state index contributed by atoms with van der Waals surface area (Å²) >= 11 is 0. The van der Waals surface area contributed by atoms with Crippen molar-refractivity contribution in [2.24, 2.45) is 0 Å². The lowest BCUT2D eigenvalue weighted by Crippen LogP contribution is -2.23. The number of hydrogen-bond acceptors (Lipinski definition) is 5. The van der Waals surface area contributed by atoms with Gasteiger partial charge in [0.2, 0.25) is 5.91 Å². The quantitative estimate of drug-likeness (QED) is 0.328. The molecule has 0 bridgehead atoms. The van der Waals surface area contributed by atoms with Crippen LogP contribution in [0, 0.1) is 0 Å². The van der Waals surface area contributed by atoms with Gasteiger partial charge in [0.25, 0.3) is 5.91 Å². The number of fused-ring (bicyclic) bond motifs is 1. The molecule has 8 heteroatoms. The van der Waals surface area contributed by atoms with Crippen LogP contribution in [-0.2, 0) is 16.1 Å². The maximum absolute atomic E-state index is 12.6. The smallest absolute Gasteiger partial charge is 0.337 e. The van der Waals surface area contributed by atoms with Crippen molar-refractivity contribution in [3.63, 3.8) is 0 Å². The van der Waals surface area contributed by atoms with Gasteiger partial charge in [0.15, 0.2) is 0 Å². The molecule has 0 saturated carbocycles. The Morgan fingerprint density at radius 3 is 2.59 bits per heavy atom. The van der Waals surface area contributed by atoms with Gasteiger partial charge in [0.1, 0.15) is 11.3 Å². The minimum Gasteiger partial charge on any atom is -0.465 e. The van der Waals surface area contributed by atoms with Gasteiger partial charge in [-0.05, 0) is 47.5 Å². The lowest BCUT2D eigenvalue weighted by molar-refractivity contribution is -0.111. The molecule has 0 aliphatic rings. The molecule has 0 atom stereocenters. The summed E-state index contributed by atoms with van der Waals surface area (Å²) < 4.78 is 6.57. The first-order valence-electron chi connectivity index (χ1n) is 10.5. The van der Waals surface area contributed by atoms with E-state index in [9.17, 15) is 14.4 Å². The van der Waals surface area contributed by atoms with E-state index in [1.807, 2.05) is 42.5 Å². The van der Waals surface area contributed by atoms with Gasteiger partial charge in [0, 0.05) is 30.7 Å². The molecule has 2 amide bonds. The highest BCUT2D eigenvalue weighted by Crippen LogP contribution is 2.17. The average molecular weight is 454 g/mol. The normalized spacial score (nSPS) is 10.9. The number of imidazole rings is 1. The van der Waals surface area contributed by atoms with E-state index in [1.54, 1.807) is 41.1 Å². The van der Waals surface area contributed by atoms with Crippen LogP contribution in [0.3, 0.4) is 0 Å². The predicted molar refractivity (Wildman–Crippen MR) is 128 cm³/mol. The van der Waals surface area contributed by atoms with Gasteiger partial charge in [-0.15, -0.1) is 0 Å². The minimum absolute atomic E-state index is 0.125. The first-order valence-corrected chi connectivity index (χ1v) is 10.5. The molecule has 4 aromatic rings. The van der Waals surface area contributed by atoms with E-state index in [2.05, 4.69) is 15.6 Å². The lowest BCUT2D eigenvalue weighted by atomic mass is 10.1. The fraction of sp³-hybridized carbons (Fsp3) is 0.0769. The highest BCUT2D eigenvalue weighted by Gasteiger charge is 2.13. The van der Waals surface area contributed by atoms with Crippen molar-refractivity contribution in [2.45, 2.75) is 6.54 Å². The third-order valence-electron chi connectivity index (χ3n) is 4.96. The van der Waals surface area contributed by atoms with Gasteiger partial charge < -0.3 is 19.8 Å². The zero-order chi connectivity index (χ0) is 23.9. The molecule has 34 heavy (non-hydrogen) atoms. The number of carbonyl (C=O) groups is 3. The molecule has 170 valence electrons. The van der Waals surface area contributed by atoms with Crippen LogP contribution >= 0.6 is 0 Å². The van der Waals surface area contributed by atoms with Gasteiger partial charge in [-0.1, -0.05) is 36.4 Å². The molecule has 0 radical (unpaired) electrons. The number of aromatic nitrogens is 2.